The zero-order valence-electron chi connectivity index (χ0n) is 17.4. The van der Waals surface area contributed by atoms with Crippen molar-refractivity contribution < 1.29 is 23.6 Å². The van der Waals surface area contributed by atoms with Crippen molar-refractivity contribution >= 4 is 34.3 Å². The van der Waals surface area contributed by atoms with Crippen molar-refractivity contribution in [2.24, 2.45) is 0 Å². The third kappa shape index (κ3) is 6.27. The van der Waals surface area contributed by atoms with Crippen molar-refractivity contribution in [1.29, 1.82) is 0 Å². The summed E-state index contributed by atoms with van der Waals surface area (Å²) in [5.41, 5.74) is 0.860. The number of carboxylic acid groups (broad SMARTS) is 1. The third-order valence-corrected chi connectivity index (χ3v) is 7.28. The number of aliphatic carboxylic acids is 1. The minimum Gasteiger partial charge on any atom is -0.481 e. The van der Waals surface area contributed by atoms with Crippen molar-refractivity contribution in [1.82, 2.24) is 4.90 Å². The first-order chi connectivity index (χ1) is 13.5. The molecule has 1 heterocycles. The van der Waals surface area contributed by atoms with Crippen molar-refractivity contribution in [3.8, 4) is 0 Å². The molecule has 8 heteroatoms. The van der Waals surface area contributed by atoms with Crippen LogP contribution < -0.4 is 0 Å². The Balaban J connectivity index is 2.41. The Morgan fingerprint density at radius 2 is 1.97 bits per heavy atom. The largest absolute Gasteiger partial charge is 0.481 e. The van der Waals surface area contributed by atoms with Gasteiger partial charge in [-0.05, 0) is 44.9 Å². The van der Waals surface area contributed by atoms with Gasteiger partial charge in [0.1, 0.15) is 6.10 Å². The lowest BCUT2D eigenvalue weighted by molar-refractivity contribution is -0.168. The minimum absolute atomic E-state index is 0.188. The van der Waals surface area contributed by atoms with Gasteiger partial charge < -0.3 is 14.7 Å². The summed E-state index contributed by atoms with van der Waals surface area (Å²) in [6, 6.07) is 6.55. The monoisotopic (exact) mass is 443 g/mol. The number of morpholine rings is 1. The summed E-state index contributed by atoms with van der Waals surface area (Å²) in [7, 11) is -1.15. The summed E-state index contributed by atoms with van der Waals surface area (Å²) in [5.74, 6) is -1.10. The number of carbonyl (C=O) groups excluding carboxylic acids is 1. The number of benzene rings is 1. The van der Waals surface area contributed by atoms with Crippen LogP contribution in [0.4, 0.5) is 0 Å². The molecule has 1 aromatic carbocycles. The van der Waals surface area contributed by atoms with Gasteiger partial charge in [-0.1, -0.05) is 37.1 Å². The highest BCUT2D eigenvalue weighted by Gasteiger charge is 2.42. The Hall–Kier alpha value is -1.44. The Labute approximate surface area is 180 Å². The van der Waals surface area contributed by atoms with E-state index in [9.17, 15) is 13.8 Å². The first kappa shape index (κ1) is 23.8. The molecule has 1 amide bonds. The zero-order chi connectivity index (χ0) is 21.8. The van der Waals surface area contributed by atoms with Crippen LogP contribution in [0.2, 0.25) is 5.02 Å². The topological polar surface area (TPSA) is 83.9 Å². The van der Waals surface area contributed by atoms with E-state index in [2.05, 4.69) is 0 Å². The Bertz CT molecular complexity index is 746. The molecule has 29 heavy (non-hydrogen) atoms. The number of ether oxygens (including phenoxy) is 1. The van der Waals surface area contributed by atoms with Gasteiger partial charge in [0.2, 0.25) is 0 Å². The molecular formula is C21H30ClNO5S. The molecule has 162 valence electrons. The molecule has 1 unspecified atom stereocenters. The van der Waals surface area contributed by atoms with Gasteiger partial charge in [0, 0.05) is 32.4 Å². The second-order valence-electron chi connectivity index (χ2n) is 8.30. The van der Waals surface area contributed by atoms with Gasteiger partial charge >= 0.3 is 5.97 Å². The highest BCUT2D eigenvalue weighted by atomic mass is 35.5. The molecule has 4 atom stereocenters. The second kappa shape index (κ2) is 10.0. The molecule has 1 aromatic rings. The molecule has 2 rings (SSSR count). The van der Waals surface area contributed by atoms with Crippen LogP contribution in [0.25, 0.3) is 0 Å². The van der Waals surface area contributed by atoms with Gasteiger partial charge in [0.15, 0.2) is 0 Å². The van der Waals surface area contributed by atoms with Crippen molar-refractivity contribution in [2.45, 2.75) is 69.9 Å². The van der Waals surface area contributed by atoms with Crippen LogP contribution in [0.5, 0.6) is 0 Å². The van der Waals surface area contributed by atoms with Gasteiger partial charge in [-0.3, -0.25) is 13.8 Å². The summed E-state index contributed by atoms with van der Waals surface area (Å²) >= 11 is 6.01. The molecule has 0 bridgehead atoms. The first-order valence-corrected chi connectivity index (χ1v) is 11.5. The summed E-state index contributed by atoms with van der Waals surface area (Å²) in [6.45, 7) is 7.95. The molecule has 6 nitrogen and oxygen atoms in total. The lowest BCUT2D eigenvalue weighted by atomic mass is 9.98. The average molecular weight is 444 g/mol. The maximum absolute atomic E-state index is 13.3. The van der Waals surface area contributed by atoms with Crippen LogP contribution in [-0.2, 0) is 25.1 Å². The van der Waals surface area contributed by atoms with Crippen LogP contribution >= 0.6 is 11.6 Å². The van der Waals surface area contributed by atoms with E-state index in [1.807, 2.05) is 39.8 Å². The van der Waals surface area contributed by atoms with Crippen molar-refractivity contribution in [2.75, 3.05) is 12.4 Å². The molecule has 1 N–H and O–H groups in total. The fraction of sp³-hybridized carbons (Fsp3) is 0.619. The maximum atomic E-state index is 13.3. The number of carboxylic acids is 1. The Kier molecular flexibility index (Phi) is 8.26. The normalized spacial score (nSPS) is 22.4. The van der Waals surface area contributed by atoms with E-state index in [1.165, 1.54) is 0 Å². The molecule has 1 fully saturated rings. The number of hydrogen-bond acceptors (Lipinski definition) is 4. The standard InChI is InChI=1S/C21H30ClNO5S/c1-5-6-16(13-29(27)21(2,3)4)23-17(14-7-9-15(22)10-8-14)12-28-18(20(23)26)11-19(24)25/h7-10,16-18H,5-6,11-13H2,1-4H3,(H,24,25)/t16-,17-,18+,29?/m0/s1. The van der Waals surface area contributed by atoms with E-state index in [4.69, 9.17) is 21.4 Å². The second-order valence-corrected chi connectivity index (χ2v) is 11.0. The molecule has 0 aliphatic carbocycles. The maximum Gasteiger partial charge on any atom is 0.306 e. The van der Waals surface area contributed by atoms with E-state index in [1.54, 1.807) is 17.0 Å². The molecule has 1 aliphatic heterocycles. The lowest BCUT2D eigenvalue weighted by Gasteiger charge is -2.44. The molecule has 1 saturated heterocycles. The summed E-state index contributed by atoms with van der Waals surface area (Å²) in [4.78, 5) is 26.2. The lowest BCUT2D eigenvalue weighted by Crippen LogP contribution is -2.56. The molecule has 0 spiro atoms. The summed E-state index contributed by atoms with van der Waals surface area (Å²) in [5, 5.41) is 9.75. The summed E-state index contributed by atoms with van der Waals surface area (Å²) < 4.78 is 18.1. The molecule has 0 aromatic heterocycles. The van der Waals surface area contributed by atoms with Crippen LogP contribution in [0.1, 0.15) is 58.6 Å². The van der Waals surface area contributed by atoms with Crippen LogP contribution in [0.3, 0.4) is 0 Å². The summed E-state index contributed by atoms with van der Waals surface area (Å²) in [6.07, 6.45) is 0.0769. The quantitative estimate of drug-likeness (QED) is 0.660. The van der Waals surface area contributed by atoms with E-state index >= 15 is 0 Å². The van der Waals surface area contributed by atoms with Gasteiger partial charge in [0.25, 0.3) is 5.91 Å². The van der Waals surface area contributed by atoms with E-state index in [-0.39, 0.29) is 31.0 Å². The zero-order valence-corrected chi connectivity index (χ0v) is 19.0. The average Bonchev–Trinajstić information content (AvgIpc) is 2.62. The highest BCUT2D eigenvalue weighted by Crippen LogP contribution is 2.33. The van der Waals surface area contributed by atoms with Crippen molar-refractivity contribution in [3.63, 3.8) is 0 Å². The van der Waals surface area contributed by atoms with E-state index in [0.717, 1.165) is 12.0 Å². The fourth-order valence-electron chi connectivity index (χ4n) is 3.42. The Morgan fingerprint density at radius 3 is 2.48 bits per heavy atom. The van der Waals surface area contributed by atoms with Gasteiger partial charge in [0.05, 0.1) is 19.1 Å². The van der Waals surface area contributed by atoms with Crippen LogP contribution in [-0.4, -0.2) is 55.3 Å². The third-order valence-electron chi connectivity index (χ3n) is 4.98. The molecule has 0 saturated carbocycles. The number of halogens is 1. The molecular weight excluding hydrogens is 414 g/mol. The van der Waals surface area contributed by atoms with Gasteiger partial charge in [-0.15, -0.1) is 0 Å². The van der Waals surface area contributed by atoms with Crippen molar-refractivity contribution in [3.05, 3.63) is 34.9 Å². The number of carbonyl (C=O) groups is 2. The number of amides is 1. The molecule has 0 radical (unpaired) electrons. The van der Waals surface area contributed by atoms with Crippen LogP contribution in [0.15, 0.2) is 24.3 Å². The predicted molar refractivity (Wildman–Crippen MR) is 114 cm³/mol. The highest BCUT2D eigenvalue weighted by molar-refractivity contribution is 7.86. The SMILES string of the molecule is CCC[C@@H](CS(=O)C(C)(C)C)N1C(=O)[C@@H](CC(=O)O)OC[C@H]1c1ccc(Cl)cc1. The van der Waals surface area contributed by atoms with Crippen LogP contribution in [0, 0.1) is 0 Å². The van der Waals surface area contributed by atoms with Gasteiger partial charge in [-0.25, -0.2) is 0 Å². The smallest absolute Gasteiger partial charge is 0.306 e. The Morgan fingerprint density at radius 1 is 1.34 bits per heavy atom. The number of hydrogen-bond donors (Lipinski definition) is 1. The van der Waals surface area contributed by atoms with E-state index in [0.29, 0.717) is 17.2 Å². The van der Waals surface area contributed by atoms with Gasteiger partial charge in [-0.2, -0.15) is 0 Å². The fourth-order valence-corrected chi connectivity index (χ4v) is 4.72. The minimum atomic E-state index is -1.15. The predicted octanol–water partition coefficient (Wildman–Crippen LogP) is 3.80. The number of rotatable bonds is 8. The first-order valence-electron chi connectivity index (χ1n) is 9.84. The number of nitrogens with zero attached hydrogens (tertiary/aromatic N) is 1. The van der Waals surface area contributed by atoms with E-state index < -0.39 is 27.6 Å². The molecule has 1 aliphatic rings.